The van der Waals surface area contributed by atoms with E-state index in [2.05, 4.69) is 5.32 Å². The molecule has 1 aromatic heterocycles. The SMILES string of the molecule is CC(C)(C)c1cc2cc(NC(=O)C3(c4ccc5c(c4)OCO5)CC3)c(F)cc2n1C[C@@H](O)CO.[HH].[HH].[HH]. The molecule has 2 heterocycles. The van der Waals surface area contributed by atoms with Crippen LogP contribution in [-0.4, -0.2) is 40.2 Å². The predicted molar refractivity (Wildman–Crippen MR) is 132 cm³/mol. The van der Waals surface area contributed by atoms with Crippen LogP contribution in [0, 0.1) is 5.82 Å². The van der Waals surface area contributed by atoms with Gasteiger partial charge in [0.25, 0.3) is 0 Å². The van der Waals surface area contributed by atoms with Gasteiger partial charge < -0.3 is 29.6 Å². The third kappa shape index (κ3) is 3.80. The smallest absolute Gasteiger partial charge is 0.235 e. The molecule has 1 saturated carbocycles. The second kappa shape index (κ2) is 7.99. The van der Waals surface area contributed by atoms with Crippen LogP contribution < -0.4 is 14.8 Å². The summed E-state index contributed by atoms with van der Waals surface area (Å²) in [7, 11) is 0. The third-order valence-corrected chi connectivity index (χ3v) is 6.72. The number of halogens is 1. The Morgan fingerprint density at radius 1 is 1.21 bits per heavy atom. The number of nitrogens with one attached hydrogen (secondary N) is 1. The first-order chi connectivity index (χ1) is 16.1. The number of hydrogen-bond donors (Lipinski definition) is 3. The van der Waals surface area contributed by atoms with Crippen LogP contribution in [0.2, 0.25) is 0 Å². The van der Waals surface area contributed by atoms with Gasteiger partial charge in [-0.05, 0) is 42.7 Å². The van der Waals surface area contributed by atoms with E-state index in [1.54, 1.807) is 12.1 Å². The van der Waals surface area contributed by atoms with Gasteiger partial charge in [0, 0.05) is 26.8 Å². The Labute approximate surface area is 201 Å². The van der Waals surface area contributed by atoms with E-state index in [-0.39, 0.29) is 41.2 Å². The summed E-state index contributed by atoms with van der Waals surface area (Å²) >= 11 is 0. The van der Waals surface area contributed by atoms with Gasteiger partial charge in [0.05, 0.1) is 35.9 Å². The number of carbonyl (C=O) groups excluding carboxylic acids is 1. The van der Waals surface area contributed by atoms with Crippen molar-refractivity contribution in [2.45, 2.75) is 57.1 Å². The number of carbonyl (C=O) groups is 1. The highest BCUT2D eigenvalue weighted by molar-refractivity contribution is 6.02. The predicted octanol–water partition coefficient (Wildman–Crippen LogP) is 4.57. The van der Waals surface area contributed by atoms with Gasteiger partial charge in [0.1, 0.15) is 5.82 Å². The lowest BCUT2D eigenvalue weighted by atomic mass is 9.92. The molecule has 0 bridgehead atoms. The van der Waals surface area contributed by atoms with Gasteiger partial charge in [-0.25, -0.2) is 4.39 Å². The zero-order valence-corrected chi connectivity index (χ0v) is 19.5. The minimum atomic E-state index is -0.962. The Hall–Kier alpha value is -3.10. The number of aliphatic hydroxyl groups is 2. The fourth-order valence-electron chi connectivity index (χ4n) is 4.67. The molecule has 8 heteroatoms. The Morgan fingerprint density at radius 2 is 1.94 bits per heavy atom. The van der Waals surface area contributed by atoms with Crippen LogP contribution in [-0.2, 0) is 22.2 Å². The third-order valence-electron chi connectivity index (χ3n) is 6.72. The lowest BCUT2D eigenvalue weighted by Gasteiger charge is -2.23. The van der Waals surface area contributed by atoms with E-state index >= 15 is 4.39 Å². The van der Waals surface area contributed by atoms with E-state index in [0.29, 0.717) is 29.9 Å². The Kier molecular flexibility index (Phi) is 5.33. The minimum Gasteiger partial charge on any atom is -0.454 e. The summed E-state index contributed by atoms with van der Waals surface area (Å²) in [6.07, 6.45) is 0.383. The highest BCUT2D eigenvalue weighted by Gasteiger charge is 2.52. The van der Waals surface area contributed by atoms with Gasteiger partial charge in [-0.3, -0.25) is 4.79 Å². The van der Waals surface area contributed by atoms with Crippen molar-refractivity contribution in [2.24, 2.45) is 0 Å². The fourth-order valence-corrected chi connectivity index (χ4v) is 4.67. The van der Waals surface area contributed by atoms with Crippen molar-refractivity contribution in [1.82, 2.24) is 4.57 Å². The number of aromatic nitrogens is 1. The van der Waals surface area contributed by atoms with Gasteiger partial charge in [-0.2, -0.15) is 0 Å². The Morgan fingerprint density at radius 3 is 2.62 bits per heavy atom. The van der Waals surface area contributed by atoms with E-state index in [1.807, 2.05) is 43.5 Å². The molecule has 1 aliphatic carbocycles. The molecule has 34 heavy (non-hydrogen) atoms. The largest absolute Gasteiger partial charge is 0.454 e. The van der Waals surface area contributed by atoms with Crippen molar-refractivity contribution in [2.75, 3.05) is 18.7 Å². The minimum absolute atomic E-state index is 0. The number of benzene rings is 2. The molecule has 3 aromatic rings. The maximum atomic E-state index is 15.2. The molecule has 1 amide bonds. The van der Waals surface area contributed by atoms with Crippen molar-refractivity contribution < 1.29 is 33.2 Å². The number of hydrogen-bond acceptors (Lipinski definition) is 5. The van der Waals surface area contributed by atoms with Crippen LogP contribution in [0.5, 0.6) is 11.5 Å². The molecule has 3 N–H and O–H groups in total. The van der Waals surface area contributed by atoms with Crippen LogP contribution in [0.1, 0.15) is 49.2 Å². The normalized spacial score (nSPS) is 17.1. The average molecular weight is 475 g/mol. The molecule has 0 unspecified atom stereocenters. The van der Waals surface area contributed by atoms with Crippen LogP contribution >= 0.6 is 0 Å². The van der Waals surface area contributed by atoms with Crippen molar-refractivity contribution in [1.29, 1.82) is 0 Å². The summed E-state index contributed by atoms with van der Waals surface area (Å²) < 4.78 is 27.8. The van der Waals surface area contributed by atoms with Crippen molar-refractivity contribution in [3.63, 3.8) is 0 Å². The van der Waals surface area contributed by atoms with Crippen LogP contribution in [0.3, 0.4) is 0 Å². The van der Waals surface area contributed by atoms with Gasteiger partial charge >= 0.3 is 0 Å². The van der Waals surface area contributed by atoms with Crippen LogP contribution in [0.4, 0.5) is 10.1 Å². The van der Waals surface area contributed by atoms with E-state index < -0.39 is 17.3 Å². The van der Waals surface area contributed by atoms with E-state index in [1.165, 1.54) is 6.07 Å². The van der Waals surface area contributed by atoms with E-state index in [4.69, 9.17) is 9.47 Å². The first kappa shape index (κ1) is 22.7. The van der Waals surface area contributed by atoms with Gasteiger partial charge in [-0.1, -0.05) is 26.8 Å². The molecule has 1 fully saturated rings. The molecule has 1 atom stereocenters. The Balaban J connectivity index is 0.00000160. The zero-order chi connectivity index (χ0) is 24.3. The zero-order valence-electron chi connectivity index (χ0n) is 19.5. The highest BCUT2D eigenvalue weighted by Crippen LogP contribution is 2.51. The van der Waals surface area contributed by atoms with Crippen LogP contribution in [0.25, 0.3) is 10.9 Å². The molecule has 2 aliphatic rings. The van der Waals surface area contributed by atoms with E-state index in [9.17, 15) is 15.0 Å². The molecular formula is C26H35FN2O5. The number of nitrogens with zero attached hydrogens (tertiary/aromatic N) is 1. The summed E-state index contributed by atoms with van der Waals surface area (Å²) in [6, 6.07) is 10.5. The number of rotatable bonds is 6. The maximum Gasteiger partial charge on any atom is 0.235 e. The lowest BCUT2D eigenvalue weighted by Crippen LogP contribution is -2.28. The second-order valence-electron chi connectivity index (χ2n) is 10.2. The molecule has 5 rings (SSSR count). The topological polar surface area (TPSA) is 93.0 Å². The molecule has 2 aromatic carbocycles. The van der Waals surface area contributed by atoms with Crippen molar-refractivity contribution in [3.05, 3.63) is 53.5 Å². The highest BCUT2D eigenvalue weighted by atomic mass is 19.1. The standard InChI is InChI=1S/C26H29FN2O5.3H2/c1-25(2,3)23-9-15-8-19(18(27)11-20(15)29(23)12-17(31)13-30)28-24(32)26(6-7-26)16-4-5-21-22(10-16)34-14-33-21;;;/h4-5,8-11,17,30-31H,6-7,12-14H2,1-3H3,(H,28,32);3*1H/t17-;;;/m1.../s1. The first-order valence-corrected chi connectivity index (χ1v) is 11.5. The summed E-state index contributed by atoms with van der Waals surface area (Å²) in [5, 5.41) is 22.9. The lowest BCUT2D eigenvalue weighted by molar-refractivity contribution is -0.118. The molecule has 0 radical (unpaired) electrons. The monoisotopic (exact) mass is 474 g/mol. The molecular weight excluding hydrogens is 439 g/mol. The summed E-state index contributed by atoms with van der Waals surface area (Å²) in [5.41, 5.74) is 1.46. The molecule has 186 valence electrons. The molecule has 0 saturated heterocycles. The quantitative estimate of drug-likeness (QED) is 0.487. The first-order valence-electron chi connectivity index (χ1n) is 11.5. The number of aliphatic hydroxyl groups excluding tert-OH is 2. The van der Waals surface area contributed by atoms with Crippen LogP contribution in [0.15, 0.2) is 36.4 Å². The number of fused-ring (bicyclic) bond motifs is 2. The molecule has 1 aliphatic heterocycles. The maximum absolute atomic E-state index is 15.2. The van der Waals surface area contributed by atoms with Gasteiger partial charge in [-0.15, -0.1) is 0 Å². The summed E-state index contributed by atoms with van der Waals surface area (Å²) in [5.74, 6) is 0.462. The van der Waals surface area contributed by atoms with Crippen molar-refractivity contribution >= 4 is 22.5 Å². The average Bonchev–Trinajstić information content (AvgIpc) is 3.35. The number of amides is 1. The molecule has 0 spiro atoms. The number of anilines is 1. The summed E-state index contributed by atoms with van der Waals surface area (Å²) in [4.78, 5) is 13.3. The fraction of sp³-hybridized carbons (Fsp3) is 0.423. The van der Waals surface area contributed by atoms with Crippen molar-refractivity contribution in [3.8, 4) is 11.5 Å². The summed E-state index contributed by atoms with van der Waals surface area (Å²) in [6.45, 7) is 6.01. The molecule has 7 nitrogen and oxygen atoms in total. The number of ether oxygens (including phenoxy) is 2. The van der Waals surface area contributed by atoms with E-state index in [0.717, 1.165) is 16.6 Å². The Bertz CT molecular complexity index is 1290. The van der Waals surface area contributed by atoms with Gasteiger partial charge in [0.15, 0.2) is 11.5 Å². The second-order valence-corrected chi connectivity index (χ2v) is 10.2. The van der Waals surface area contributed by atoms with Gasteiger partial charge in [0.2, 0.25) is 12.7 Å².